The molecule has 1 aliphatic rings. The number of hydrogen-bond donors (Lipinski definition) is 3. The predicted molar refractivity (Wildman–Crippen MR) is 124 cm³/mol. The normalized spacial score (nSPS) is 18.7. The number of aromatic hydroxyl groups is 1. The monoisotopic (exact) mass is 441 g/mol. The van der Waals surface area contributed by atoms with Gasteiger partial charge in [-0.05, 0) is 49.9 Å². The number of anilines is 1. The second kappa shape index (κ2) is 9.62. The minimum Gasteiger partial charge on any atom is -0.507 e. The van der Waals surface area contributed by atoms with Gasteiger partial charge in [-0.2, -0.15) is 0 Å². The number of methoxy groups -OCH3 is 2. The molecule has 1 aromatic heterocycles. The first kappa shape index (κ1) is 21.5. The maximum Gasteiger partial charge on any atom is 0.130 e. The summed E-state index contributed by atoms with van der Waals surface area (Å²) in [7, 11) is 3.17. The van der Waals surface area contributed by atoms with Crippen molar-refractivity contribution >= 4 is 28.2 Å². The third kappa shape index (κ3) is 4.97. The van der Waals surface area contributed by atoms with Crippen LogP contribution in [0.2, 0.25) is 5.02 Å². The molecule has 0 unspecified atom stereocenters. The molecule has 3 aromatic rings. The summed E-state index contributed by atoms with van der Waals surface area (Å²) >= 11 is 6.10. The van der Waals surface area contributed by atoms with E-state index < -0.39 is 0 Å². The van der Waals surface area contributed by atoms with Crippen LogP contribution in [0.15, 0.2) is 42.6 Å². The summed E-state index contributed by atoms with van der Waals surface area (Å²) < 4.78 is 10.6. The predicted octanol–water partition coefficient (Wildman–Crippen LogP) is 5.12. The lowest BCUT2D eigenvalue weighted by Gasteiger charge is -2.31. The molecule has 2 aromatic carbocycles. The Morgan fingerprint density at radius 3 is 2.55 bits per heavy atom. The molecule has 3 N–H and O–H groups in total. The van der Waals surface area contributed by atoms with Crippen molar-refractivity contribution in [2.75, 3.05) is 19.5 Å². The van der Waals surface area contributed by atoms with Gasteiger partial charge in [-0.3, -0.25) is 4.98 Å². The van der Waals surface area contributed by atoms with Gasteiger partial charge in [0.15, 0.2) is 0 Å². The number of benzene rings is 2. The second-order valence-electron chi connectivity index (χ2n) is 7.92. The van der Waals surface area contributed by atoms with E-state index in [1.54, 1.807) is 26.4 Å². The van der Waals surface area contributed by atoms with Gasteiger partial charge in [0.25, 0.3) is 0 Å². The second-order valence-corrected chi connectivity index (χ2v) is 8.36. The molecule has 1 aliphatic carbocycles. The highest BCUT2D eigenvalue weighted by atomic mass is 35.5. The molecule has 4 rings (SSSR count). The Morgan fingerprint density at radius 1 is 1.03 bits per heavy atom. The van der Waals surface area contributed by atoms with Crippen LogP contribution < -0.4 is 20.1 Å². The van der Waals surface area contributed by atoms with Crippen molar-refractivity contribution in [2.24, 2.45) is 0 Å². The molecule has 31 heavy (non-hydrogen) atoms. The first-order valence-corrected chi connectivity index (χ1v) is 10.9. The van der Waals surface area contributed by atoms with E-state index in [1.165, 1.54) is 0 Å². The third-order valence-electron chi connectivity index (χ3n) is 5.97. The number of hydrogen-bond acceptors (Lipinski definition) is 6. The van der Waals surface area contributed by atoms with Crippen LogP contribution in [0.3, 0.4) is 0 Å². The number of phenolic OH excluding ortho intramolecular Hbond substituents is 1. The van der Waals surface area contributed by atoms with Gasteiger partial charge in [-0.25, -0.2) is 0 Å². The van der Waals surface area contributed by atoms with Crippen LogP contribution in [-0.4, -0.2) is 36.4 Å². The fraction of sp³-hybridized carbons (Fsp3) is 0.375. The van der Waals surface area contributed by atoms with E-state index in [9.17, 15) is 5.11 Å². The van der Waals surface area contributed by atoms with Crippen LogP contribution in [0, 0.1) is 0 Å². The molecule has 0 radical (unpaired) electrons. The summed E-state index contributed by atoms with van der Waals surface area (Å²) in [5.74, 6) is 1.39. The van der Waals surface area contributed by atoms with E-state index in [4.69, 9.17) is 21.1 Å². The van der Waals surface area contributed by atoms with Gasteiger partial charge in [0.05, 0.1) is 19.7 Å². The maximum absolute atomic E-state index is 10.4. The van der Waals surface area contributed by atoms with Crippen LogP contribution in [0.5, 0.6) is 17.2 Å². The van der Waals surface area contributed by atoms with Gasteiger partial charge >= 0.3 is 0 Å². The quantitative estimate of drug-likeness (QED) is 0.472. The molecule has 1 heterocycles. The van der Waals surface area contributed by atoms with Gasteiger partial charge in [0.1, 0.15) is 17.2 Å². The first-order chi connectivity index (χ1) is 15.1. The highest BCUT2D eigenvalue weighted by molar-refractivity contribution is 6.31. The van der Waals surface area contributed by atoms with E-state index in [2.05, 4.69) is 15.6 Å². The van der Waals surface area contributed by atoms with Crippen molar-refractivity contribution in [3.05, 3.63) is 53.2 Å². The number of halogens is 1. The Kier molecular flexibility index (Phi) is 6.68. The molecule has 6 nitrogen and oxygen atoms in total. The number of aromatic nitrogens is 1. The number of rotatable bonds is 7. The summed E-state index contributed by atoms with van der Waals surface area (Å²) in [6.07, 6.45) is 6.09. The van der Waals surface area contributed by atoms with E-state index in [-0.39, 0.29) is 5.75 Å². The molecule has 1 saturated carbocycles. The molecule has 7 heteroatoms. The summed E-state index contributed by atoms with van der Waals surface area (Å²) in [6, 6.07) is 12.1. The van der Waals surface area contributed by atoms with Gasteiger partial charge in [-0.15, -0.1) is 0 Å². The van der Waals surface area contributed by atoms with Crippen molar-refractivity contribution in [3.8, 4) is 17.2 Å². The van der Waals surface area contributed by atoms with Gasteiger partial charge in [0.2, 0.25) is 0 Å². The van der Waals surface area contributed by atoms with Crippen LogP contribution in [0.1, 0.15) is 31.2 Å². The summed E-state index contributed by atoms with van der Waals surface area (Å²) in [5.41, 5.74) is 2.76. The summed E-state index contributed by atoms with van der Waals surface area (Å²) in [4.78, 5) is 4.42. The fourth-order valence-electron chi connectivity index (χ4n) is 4.24. The number of nitrogens with one attached hydrogen (secondary N) is 2. The molecule has 0 saturated heterocycles. The third-order valence-corrected chi connectivity index (χ3v) is 6.21. The number of pyridine rings is 1. The van der Waals surface area contributed by atoms with Gasteiger partial charge in [0, 0.05) is 58.6 Å². The molecule has 0 amide bonds. The van der Waals surface area contributed by atoms with Crippen molar-refractivity contribution < 1.29 is 14.6 Å². The van der Waals surface area contributed by atoms with E-state index >= 15 is 0 Å². The Balaban J connectivity index is 1.34. The molecule has 0 bridgehead atoms. The first-order valence-electron chi connectivity index (χ1n) is 10.6. The lowest BCUT2D eigenvalue weighted by atomic mass is 9.90. The largest absolute Gasteiger partial charge is 0.507 e. The number of phenols is 1. The fourth-order valence-corrected chi connectivity index (χ4v) is 4.41. The molecular formula is C24H28ClN3O3. The lowest BCUT2D eigenvalue weighted by molar-refractivity contribution is 0.342. The van der Waals surface area contributed by atoms with Crippen molar-refractivity contribution in [1.82, 2.24) is 10.3 Å². The van der Waals surface area contributed by atoms with Crippen molar-refractivity contribution in [1.29, 1.82) is 0 Å². The Hall–Kier alpha value is -2.70. The zero-order valence-corrected chi connectivity index (χ0v) is 18.6. The minimum absolute atomic E-state index is 0.184. The van der Waals surface area contributed by atoms with Crippen LogP contribution >= 0.6 is 11.6 Å². The van der Waals surface area contributed by atoms with Crippen molar-refractivity contribution in [3.63, 3.8) is 0 Å². The Morgan fingerprint density at radius 2 is 1.81 bits per heavy atom. The van der Waals surface area contributed by atoms with Gasteiger partial charge < -0.3 is 25.2 Å². The maximum atomic E-state index is 10.4. The molecule has 1 fully saturated rings. The van der Waals surface area contributed by atoms with E-state index in [1.807, 2.05) is 30.5 Å². The van der Waals surface area contributed by atoms with Crippen LogP contribution in [0.25, 0.3) is 10.9 Å². The van der Waals surface area contributed by atoms with E-state index in [0.29, 0.717) is 35.2 Å². The number of nitrogens with zero attached hydrogens (tertiary/aromatic N) is 1. The lowest BCUT2D eigenvalue weighted by Crippen LogP contribution is -2.36. The zero-order chi connectivity index (χ0) is 21.8. The smallest absolute Gasteiger partial charge is 0.130 e. The molecule has 164 valence electrons. The number of fused-ring (bicyclic) bond motifs is 1. The molecular weight excluding hydrogens is 414 g/mol. The molecule has 0 spiro atoms. The Bertz CT molecular complexity index is 1050. The highest BCUT2D eigenvalue weighted by Crippen LogP contribution is 2.34. The topological polar surface area (TPSA) is 75.6 Å². The van der Waals surface area contributed by atoms with Crippen LogP contribution in [0.4, 0.5) is 5.69 Å². The van der Waals surface area contributed by atoms with Crippen molar-refractivity contribution in [2.45, 2.75) is 44.3 Å². The van der Waals surface area contributed by atoms with E-state index in [0.717, 1.165) is 47.8 Å². The average molecular weight is 442 g/mol. The highest BCUT2D eigenvalue weighted by Gasteiger charge is 2.22. The van der Waals surface area contributed by atoms with Gasteiger partial charge in [-0.1, -0.05) is 11.6 Å². The summed E-state index contributed by atoms with van der Waals surface area (Å²) in [5, 5.41) is 19.4. The minimum atomic E-state index is 0.184. The standard InChI is InChI=1S/C24H28ClN3O3/c1-30-18-12-23(29)20(24(13-18)31-2)14-27-16-4-6-17(7-5-16)28-21-9-10-26-22-11-15(25)3-8-19(21)22/h3,8-13,16-17,27,29H,4-7,14H2,1-2H3,(H,26,28). The summed E-state index contributed by atoms with van der Waals surface area (Å²) in [6.45, 7) is 0.553. The zero-order valence-electron chi connectivity index (χ0n) is 17.8. The number of ether oxygens (including phenoxy) is 2. The van der Waals surface area contributed by atoms with Crippen LogP contribution in [-0.2, 0) is 6.54 Å². The SMILES string of the molecule is COc1cc(O)c(CNC2CCC(Nc3ccnc4cc(Cl)ccc34)CC2)c(OC)c1. The molecule has 0 atom stereocenters. The average Bonchev–Trinajstić information content (AvgIpc) is 2.78. The molecule has 0 aliphatic heterocycles. The Labute approximate surface area is 187 Å².